The van der Waals surface area contributed by atoms with E-state index in [0.717, 1.165) is 0 Å². The predicted octanol–water partition coefficient (Wildman–Crippen LogP) is 4.59. The molecule has 1 N–H and O–H groups in total. The molecule has 2 aromatic rings. The van der Waals surface area contributed by atoms with Gasteiger partial charge in [-0.1, -0.05) is 41.1 Å². The average Bonchev–Trinajstić information content (AvgIpc) is 2.48. The van der Waals surface area contributed by atoms with E-state index in [9.17, 15) is 15.2 Å². The quantitative estimate of drug-likeness (QED) is 0.631. The van der Waals surface area contributed by atoms with E-state index in [2.05, 4.69) is 15.9 Å². The first-order chi connectivity index (χ1) is 10.0. The number of nitro benzene ring substituents is 1. The van der Waals surface area contributed by atoms with Crippen LogP contribution in [0.2, 0.25) is 0 Å². The summed E-state index contributed by atoms with van der Waals surface area (Å²) in [6.45, 7) is 1.85. The minimum atomic E-state index is -0.671. The van der Waals surface area contributed by atoms with Crippen molar-refractivity contribution in [1.29, 1.82) is 0 Å². The fourth-order valence-corrected chi connectivity index (χ4v) is 2.26. The first kappa shape index (κ1) is 15.5. The van der Waals surface area contributed by atoms with Gasteiger partial charge in [0.15, 0.2) is 0 Å². The SMILES string of the molecule is CCC(O)c1ccccc1Oc1ccc(Br)cc1[N+](=O)[O-]. The Morgan fingerprint density at radius 2 is 2.00 bits per heavy atom. The van der Waals surface area contributed by atoms with Gasteiger partial charge in [-0.15, -0.1) is 0 Å². The molecule has 0 amide bonds. The molecule has 0 aliphatic heterocycles. The lowest BCUT2D eigenvalue weighted by Gasteiger charge is -2.14. The number of hydrogen-bond donors (Lipinski definition) is 1. The number of rotatable bonds is 5. The van der Waals surface area contributed by atoms with Crippen LogP contribution < -0.4 is 4.74 Å². The molecule has 1 unspecified atom stereocenters. The maximum absolute atomic E-state index is 11.1. The Hall–Kier alpha value is -1.92. The Morgan fingerprint density at radius 3 is 2.67 bits per heavy atom. The lowest BCUT2D eigenvalue weighted by Crippen LogP contribution is -2.00. The Balaban J connectivity index is 2.41. The van der Waals surface area contributed by atoms with E-state index < -0.39 is 11.0 Å². The number of aliphatic hydroxyl groups is 1. The zero-order chi connectivity index (χ0) is 15.4. The van der Waals surface area contributed by atoms with E-state index in [1.165, 1.54) is 12.1 Å². The van der Waals surface area contributed by atoms with Crippen molar-refractivity contribution >= 4 is 21.6 Å². The Morgan fingerprint density at radius 1 is 1.29 bits per heavy atom. The molecule has 0 aliphatic carbocycles. The lowest BCUT2D eigenvalue weighted by atomic mass is 10.1. The highest BCUT2D eigenvalue weighted by Crippen LogP contribution is 2.36. The average molecular weight is 352 g/mol. The molecule has 2 rings (SSSR count). The normalized spacial score (nSPS) is 12.0. The largest absolute Gasteiger partial charge is 0.450 e. The monoisotopic (exact) mass is 351 g/mol. The number of hydrogen-bond acceptors (Lipinski definition) is 4. The summed E-state index contributed by atoms with van der Waals surface area (Å²) in [7, 11) is 0. The molecule has 0 heterocycles. The number of nitrogens with zero attached hydrogens (tertiary/aromatic N) is 1. The van der Waals surface area contributed by atoms with E-state index in [1.807, 2.05) is 6.92 Å². The van der Waals surface area contributed by atoms with Gasteiger partial charge in [0.25, 0.3) is 0 Å². The molecule has 110 valence electrons. The molecular formula is C15H14BrNO4. The third-order valence-electron chi connectivity index (χ3n) is 3.00. The molecule has 5 nitrogen and oxygen atoms in total. The second-order valence-corrected chi connectivity index (χ2v) is 5.35. The molecule has 21 heavy (non-hydrogen) atoms. The molecular weight excluding hydrogens is 338 g/mol. The van der Waals surface area contributed by atoms with Crippen molar-refractivity contribution in [1.82, 2.24) is 0 Å². The number of aliphatic hydroxyl groups excluding tert-OH is 1. The van der Waals surface area contributed by atoms with Gasteiger partial charge in [0, 0.05) is 16.1 Å². The van der Waals surface area contributed by atoms with Gasteiger partial charge in [0.05, 0.1) is 11.0 Å². The van der Waals surface area contributed by atoms with Crippen molar-refractivity contribution in [3.05, 3.63) is 62.6 Å². The van der Waals surface area contributed by atoms with Crippen molar-refractivity contribution in [2.24, 2.45) is 0 Å². The molecule has 0 radical (unpaired) electrons. The molecule has 2 aromatic carbocycles. The molecule has 6 heteroatoms. The van der Waals surface area contributed by atoms with Crippen LogP contribution in [0.5, 0.6) is 11.5 Å². The van der Waals surface area contributed by atoms with Gasteiger partial charge in [-0.3, -0.25) is 10.1 Å². The standard InChI is InChI=1S/C15H14BrNO4/c1-2-13(18)11-5-3-4-6-14(11)21-15-8-7-10(16)9-12(15)17(19)20/h3-9,13,18H,2H2,1H3. The van der Waals surface area contributed by atoms with E-state index >= 15 is 0 Å². The van der Waals surface area contributed by atoms with Crippen LogP contribution in [0.25, 0.3) is 0 Å². The van der Waals surface area contributed by atoms with Crippen molar-refractivity contribution in [2.45, 2.75) is 19.4 Å². The van der Waals surface area contributed by atoms with Crippen LogP contribution in [-0.4, -0.2) is 10.0 Å². The van der Waals surface area contributed by atoms with Crippen molar-refractivity contribution in [3.63, 3.8) is 0 Å². The molecule has 1 atom stereocenters. The molecule has 0 spiro atoms. The maximum atomic E-state index is 11.1. The maximum Gasteiger partial charge on any atom is 0.312 e. The Labute approximate surface area is 130 Å². The van der Waals surface area contributed by atoms with Gasteiger partial charge < -0.3 is 9.84 Å². The highest BCUT2D eigenvalue weighted by molar-refractivity contribution is 9.10. The van der Waals surface area contributed by atoms with Gasteiger partial charge in [-0.05, 0) is 24.6 Å². The minimum absolute atomic E-state index is 0.134. The topological polar surface area (TPSA) is 72.6 Å². The first-order valence-electron chi connectivity index (χ1n) is 6.41. The minimum Gasteiger partial charge on any atom is -0.450 e. The fourth-order valence-electron chi connectivity index (χ4n) is 1.91. The highest BCUT2D eigenvalue weighted by Gasteiger charge is 2.19. The second kappa shape index (κ2) is 6.69. The third-order valence-corrected chi connectivity index (χ3v) is 3.50. The van der Waals surface area contributed by atoms with Crippen LogP contribution in [0.4, 0.5) is 5.69 Å². The van der Waals surface area contributed by atoms with Crippen LogP contribution in [0.3, 0.4) is 0 Å². The van der Waals surface area contributed by atoms with Gasteiger partial charge in [0.1, 0.15) is 5.75 Å². The van der Waals surface area contributed by atoms with Crippen LogP contribution in [0.1, 0.15) is 25.0 Å². The summed E-state index contributed by atoms with van der Waals surface area (Å²) in [5, 5.41) is 21.1. The zero-order valence-electron chi connectivity index (χ0n) is 11.3. The number of para-hydroxylation sites is 1. The summed E-state index contributed by atoms with van der Waals surface area (Å²) in [5.74, 6) is 0.552. The smallest absolute Gasteiger partial charge is 0.312 e. The summed E-state index contributed by atoms with van der Waals surface area (Å²) in [5.41, 5.74) is 0.474. The van der Waals surface area contributed by atoms with Gasteiger partial charge in [-0.2, -0.15) is 0 Å². The van der Waals surface area contributed by atoms with E-state index in [4.69, 9.17) is 4.74 Å². The Bertz CT molecular complexity index is 660. The molecule has 0 aromatic heterocycles. The summed E-state index contributed by atoms with van der Waals surface area (Å²) in [6, 6.07) is 11.5. The molecule has 0 saturated carbocycles. The van der Waals surface area contributed by atoms with Gasteiger partial charge in [0.2, 0.25) is 5.75 Å². The van der Waals surface area contributed by atoms with Gasteiger partial charge >= 0.3 is 5.69 Å². The third kappa shape index (κ3) is 3.59. The van der Waals surface area contributed by atoms with E-state index in [0.29, 0.717) is 22.2 Å². The van der Waals surface area contributed by atoms with E-state index in [1.54, 1.807) is 30.3 Å². The molecule has 0 fully saturated rings. The zero-order valence-corrected chi connectivity index (χ0v) is 12.9. The van der Waals surface area contributed by atoms with Crippen molar-refractivity contribution in [2.75, 3.05) is 0 Å². The number of nitro groups is 1. The Kier molecular flexibility index (Phi) is 4.93. The predicted molar refractivity (Wildman–Crippen MR) is 82.6 cm³/mol. The van der Waals surface area contributed by atoms with Crippen molar-refractivity contribution < 1.29 is 14.8 Å². The number of ether oxygens (including phenoxy) is 1. The lowest BCUT2D eigenvalue weighted by molar-refractivity contribution is -0.385. The number of halogens is 1. The molecule has 0 bridgehead atoms. The second-order valence-electron chi connectivity index (χ2n) is 4.43. The van der Waals surface area contributed by atoms with Crippen LogP contribution >= 0.6 is 15.9 Å². The first-order valence-corrected chi connectivity index (χ1v) is 7.21. The highest BCUT2D eigenvalue weighted by atomic mass is 79.9. The van der Waals surface area contributed by atoms with Crippen LogP contribution in [0.15, 0.2) is 46.9 Å². The van der Waals surface area contributed by atoms with Crippen LogP contribution in [-0.2, 0) is 0 Å². The van der Waals surface area contributed by atoms with Crippen molar-refractivity contribution in [3.8, 4) is 11.5 Å². The molecule has 0 aliphatic rings. The number of benzene rings is 2. The summed E-state index contributed by atoms with van der Waals surface area (Å²) < 4.78 is 6.26. The molecule has 0 saturated heterocycles. The fraction of sp³-hybridized carbons (Fsp3) is 0.200. The summed E-state index contributed by atoms with van der Waals surface area (Å²) in [4.78, 5) is 10.6. The van der Waals surface area contributed by atoms with Crippen LogP contribution in [0, 0.1) is 10.1 Å². The summed E-state index contributed by atoms with van der Waals surface area (Å²) >= 11 is 3.20. The van der Waals surface area contributed by atoms with Gasteiger partial charge in [-0.25, -0.2) is 0 Å². The summed E-state index contributed by atoms with van der Waals surface area (Å²) in [6.07, 6.45) is -0.140. The van der Waals surface area contributed by atoms with E-state index in [-0.39, 0.29) is 11.4 Å².